The second-order valence-corrected chi connectivity index (χ2v) is 8.70. The molecular formula is C27H24N4O4. The third-order valence-corrected chi connectivity index (χ3v) is 6.32. The second kappa shape index (κ2) is 9.06. The van der Waals surface area contributed by atoms with Gasteiger partial charge in [0, 0.05) is 36.6 Å². The maximum absolute atomic E-state index is 13.5. The van der Waals surface area contributed by atoms with E-state index in [1.165, 1.54) is 37.1 Å². The van der Waals surface area contributed by atoms with Crippen molar-refractivity contribution in [2.24, 2.45) is 0 Å². The molecule has 1 saturated heterocycles. The van der Waals surface area contributed by atoms with Crippen LogP contribution in [0.2, 0.25) is 0 Å². The van der Waals surface area contributed by atoms with Crippen LogP contribution in [0.3, 0.4) is 0 Å². The number of hydrogen-bond donors (Lipinski definition) is 1. The number of amides is 2. The average molecular weight is 469 g/mol. The van der Waals surface area contributed by atoms with Crippen LogP contribution in [0.25, 0.3) is 5.57 Å². The Balaban J connectivity index is 1.53. The third-order valence-electron chi connectivity index (χ3n) is 6.32. The third kappa shape index (κ3) is 4.26. The van der Waals surface area contributed by atoms with E-state index in [0.717, 1.165) is 29.2 Å². The predicted octanol–water partition coefficient (Wildman–Crippen LogP) is 4.90. The summed E-state index contributed by atoms with van der Waals surface area (Å²) in [6.07, 6.45) is 2.35. The number of rotatable bonds is 6. The number of hydrogen-bond acceptors (Lipinski definition) is 6. The molecule has 0 bridgehead atoms. The zero-order valence-electron chi connectivity index (χ0n) is 19.2. The standard InChI is InChI=1S/C27H24N4O4/c1-18-5-4-6-23(17-18)30-26(32)24(19-7-11-22(12-8-19)31(34)35)25(27(30)33)28-20-9-13-21(14-10-20)29-15-2-3-16-29/h4-14,17,28H,2-3,15-16H2,1H3. The van der Waals surface area contributed by atoms with E-state index in [0.29, 0.717) is 16.9 Å². The summed E-state index contributed by atoms with van der Waals surface area (Å²) < 4.78 is 0. The number of nitrogens with one attached hydrogen (secondary N) is 1. The maximum atomic E-state index is 13.5. The number of benzene rings is 3. The molecule has 0 unspecified atom stereocenters. The molecule has 2 aliphatic heterocycles. The van der Waals surface area contributed by atoms with Crippen molar-refractivity contribution in [3.05, 3.63) is 99.7 Å². The van der Waals surface area contributed by atoms with Crippen LogP contribution in [0.5, 0.6) is 0 Å². The first kappa shape index (κ1) is 22.3. The van der Waals surface area contributed by atoms with Gasteiger partial charge in [0.25, 0.3) is 17.5 Å². The lowest BCUT2D eigenvalue weighted by Gasteiger charge is -2.18. The molecule has 0 radical (unpaired) electrons. The van der Waals surface area contributed by atoms with Crippen LogP contribution in [0.4, 0.5) is 22.7 Å². The molecule has 2 heterocycles. The molecular weight excluding hydrogens is 444 g/mol. The maximum Gasteiger partial charge on any atom is 0.282 e. The summed E-state index contributed by atoms with van der Waals surface area (Å²) in [5, 5.41) is 14.2. The quantitative estimate of drug-likeness (QED) is 0.314. The summed E-state index contributed by atoms with van der Waals surface area (Å²) in [7, 11) is 0. The number of anilines is 3. The first-order chi connectivity index (χ1) is 16.9. The number of carbonyl (C=O) groups is 2. The van der Waals surface area contributed by atoms with E-state index >= 15 is 0 Å². The number of non-ortho nitro benzene ring substituents is 1. The minimum atomic E-state index is -0.500. The number of nitro benzene ring substituents is 1. The largest absolute Gasteiger partial charge is 0.372 e. The van der Waals surface area contributed by atoms with E-state index in [4.69, 9.17) is 0 Å². The van der Waals surface area contributed by atoms with Gasteiger partial charge in [0.2, 0.25) is 0 Å². The Morgan fingerprint density at radius 1 is 0.857 bits per heavy atom. The molecule has 0 saturated carbocycles. The van der Waals surface area contributed by atoms with Gasteiger partial charge in [-0.3, -0.25) is 19.7 Å². The van der Waals surface area contributed by atoms with Crippen molar-refractivity contribution >= 4 is 40.1 Å². The summed E-state index contributed by atoms with van der Waals surface area (Å²) in [6.45, 7) is 3.95. The van der Waals surface area contributed by atoms with E-state index in [1.807, 2.05) is 37.3 Å². The number of imide groups is 1. The molecule has 3 aromatic carbocycles. The Morgan fingerprint density at radius 2 is 1.54 bits per heavy atom. The summed E-state index contributed by atoms with van der Waals surface area (Å²) in [5.41, 5.74) is 3.84. The first-order valence-electron chi connectivity index (χ1n) is 11.5. The van der Waals surface area contributed by atoms with E-state index < -0.39 is 16.7 Å². The zero-order chi connectivity index (χ0) is 24.5. The minimum absolute atomic E-state index is 0.0892. The highest BCUT2D eigenvalue weighted by Gasteiger charge is 2.40. The molecule has 2 aliphatic rings. The Labute approximate surface area is 202 Å². The molecule has 0 aromatic heterocycles. The van der Waals surface area contributed by atoms with Crippen LogP contribution in [0.1, 0.15) is 24.0 Å². The summed E-state index contributed by atoms with van der Waals surface area (Å²) in [5.74, 6) is -0.955. The molecule has 8 nitrogen and oxygen atoms in total. The fourth-order valence-corrected chi connectivity index (χ4v) is 4.54. The van der Waals surface area contributed by atoms with Gasteiger partial charge in [-0.25, -0.2) is 4.90 Å². The lowest BCUT2D eigenvalue weighted by molar-refractivity contribution is -0.384. The van der Waals surface area contributed by atoms with Crippen molar-refractivity contribution in [2.45, 2.75) is 19.8 Å². The topological polar surface area (TPSA) is 95.8 Å². The van der Waals surface area contributed by atoms with Gasteiger partial charge < -0.3 is 10.2 Å². The highest BCUT2D eigenvalue weighted by atomic mass is 16.6. The molecule has 0 spiro atoms. The zero-order valence-corrected chi connectivity index (χ0v) is 19.2. The minimum Gasteiger partial charge on any atom is -0.372 e. The van der Waals surface area contributed by atoms with Crippen LogP contribution in [-0.2, 0) is 9.59 Å². The molecule has 0 atom stereocenters. The number of aryl methyl sites for hydroxylation is 1. The Bertz CT molecular complexity index is 1340. The van der Waals surface area contributed by atoms with Crippen LogP contribution in [0.15, 0.2) is 78.5 Å². The van der Waals surface area contributed by atoms with Crippen molar-refractivity contribution < 1.29 is 14.5 Å². The first-order valence-corrected chi connectivity index (χ1v) is 11.5. The van der Waals surface area contributed by atoms with Crippen molar-refractivity contribution in [3.8, 4) is 0 Å². The van der Waals surface area contributed by atoms with E-state index in [9.17, 15) is 19.7 Å². The Kier molecular flexibility index (Phi) is 5.78. The molecule has 5 rings (SSSR count). The van der Waals surface area contributed by atoms with E-state index in [-0.39, 0.29) is 17.0 Å². The van der Waals surface area contributed by atoms with E-state index in [2.05, 4.69) is 10.2 Å². The summed E-state index contributed by atoms with van der Waals surface area (Å²) in [4.78, 5) is 41.1. The van der Waals surface area contributed by atoms with Crippen LogP contribution < -0.4 is 15.1 Å². The van der Waals surface area contributed by atoms with Gasteiger partial charge >= 0.3 is 0 Å². The Morgan fingerprint density at radius 3 is 2.17 bits per heavy atom. The SMILES string of the molecule is Cc1cccc(N2C(=O)C(Nc3ccc(N4CCCC4)cc3)=C(c3ccc([N+](=O)[O-])cc3)C2=O)c1. The van der Waals surface area contributed by atoms with Crippen LogP contribution >= 0.6 is 0 Å². The second-order valence-electron chi connectivity index (χ2n) is 8.70. The van der Waals surface area contributed by atoms with Gasteiger partial charge in [-0.1, -0.05) is 12.1 Å². The highest BCUT2D eigenvalue weighted by Crippen LogP contribution is 2.35. The van der Waals surface area contributed by atoms with Crippen LogP contribution in [0, 0.1) is 17.0 Å². The Hall–Kier alpha value is -4.46. The normalized spacial score (nSPS) is 15.8. The summed E-state index contributed by atoms with van der Waals surface area (Å²) in [6, 6.07) is 20.6. The van der Waals surface area contributed by atoms with E-state index in [1.54, 1.807) is 18.2 Å². The van der Waals surface area contributed by atoms with Gasteiger partial charge in [0.15, 0.2) is 0 Å². The fraction of sp³-hybridized carbons (Fsp3) is 0.185. The van der Waals surface area contributed by atoms with Crippen molar-refractivity contribution in [1.29, 1.82) is 0 Å². The lowest BCUT2D eigenvalue weighted by atomic mass is 10.0. The smallest absolute Gasteiger partial charge is 0.282 e. The van der Waals surface area contributed by atoms with Gasteiger partial charge in [-0.2, -0.15) is 0 Å². The molecule has 1 fully saturated rings. The summed E-state index contributed by atoms with van der Waals surface area (Å²) >= 11 is 0. The number of nitro groups is 1. The van der Waals surface area contributed by atoms with Crippen LogP contribution in [-0.4, -0.2) is 29.8 Å². The average Bonchev–Trinajstić information content (AvgIpc) is 3.47. The van der Waals surface area contributed by atoms with Gasteiger partial charge in [-0.15, -0.1) is 0 Å². The molecule has 0 aliphatic carbocycles. The lowest BCUT2D eigenvalue weighted by Crippen LogP contribution is -2.32. The predicted molar refractivity (Wildman–Crippen MR) is 135 cm³/mol. The molecule has 35 heavy (non-hydrogen) atoms. The number of carbonyl (C=O) groups excluding carboxylic acids is 2. The van der Waals surface area contributed by atoms with Gasteiger partial charge in [0.05, 0.1) is 16.2 Å². The van der Waals surface area contributed by atoms with Gasteiger partial charge in [0.1, 0.15) is 5.70 Å². The van der Waals surface area contributed by atoms with Gasteiger partial charge in [-0.05, 0) is 79.4 Å². The molecule has 8 heteroatoms. The fourth-order valence-electron chi connectivity index (χ4n) is 4.54. The monoisotopic (exact) mass is 468 g/mol. The molecule has 1 N–H and O–H groups in total. The molecule has 3 aromatic rings. The molecule has 2 amide bonds. The highest BCUT2D eigenvalue weighted by molar-refractivity contribution is 6.46. The molecule has 176 valence electrons. The van der Waals surface area contributed by atoms with Crippen molar-refractivity contribution in [1.82, 2.24) is 0 Å². The van der Waals surface area contributed by atoms with Crippen molar-refractivity contribution in [3.63, 3.8) is 0 Å². The van der Waals surface area contributed by atoms with Crippen molar-refractivity contribution in [2.75, 3.05) is 28.2 Å². The number of nitrogens with zero attached hydrogens (tertiary/aromatic N) is 3.